The lowest BCUT2D eigenvalue weighted by atomic mass is 9.92. The fraction of sp³-hybridized carbons (Fsp3) is 0.846. The van der Waals surface area contributed by atoms with Crippen molar-refractivity contribution in [2.24, 2.45) is 11.8 Å². The first-order chi connectivity index (χ1) is 7.89. The molecule has 1 saturated carbocycles. The summed E-state index contributed by atoms with van der Waals surface area (Å²) >= 11 is 0. The highest BCUT2D eigenvalue weighted by molar-refractivity contribution is 5.99. The number of carbonyl (C=O) groups is 2. The minimum atomic E-state index is -0.707. The summed E-state index contributed by atoms with van der Waals surface area (Å²) in [5.74, 6) is 1.34. The summed E-state index contributed by atoms with van der Waals surface area (Å²) in [4.78, 5) is 26.1. The van der Waals surface area contributed by atoms with Crippen LogP contribution in [-0.4, -0.2) is 34.8 Å². The van der Waals surface area contributed by atoms with Crippen molar-refractivity contribution in [3.63, 3.8) is 0 Å². The first kappa shape index (κ1) is 12.4. The second kappa shape index (κ2) is 4.00. The summed E-state index contributed by atoms with van der Waals surface area (Å²) in [5, 5.41) is 2.85. The molecule has 4 atom stereocenters. The Morgan fingerprint density at radius 2 is 2.00 bits per heavy atom. The van der Waals surface area contributed by atoms with Gasteiger partial charge >= 0.3 is 0 Å². The van der Waals surface area contributed by atoms with Gasteiger partial charge in [-0.25, -0.2) is 0 Å². The maximum Gasteiger partial charge on any atom is 0.248 e. The van der Waals surface area contributed by atoms with Crippen molar-refractivity contribution in [2.45, 2.75) is 52.1 Å². The molecule has 2 amide bonds. The second-order valence-corrected chi connectivity index (χ2v) is 5.78. The standard InChI is InChI=1S/C13H22N2O2/c1-5-13(4)12(17)15(7-10-6-8(10)2)9(3)11(16)14-13/h8-10H,5-7H2,1-4H3,(H,14,16). The van der Waals surface area contributed by atoms with Gasteiger partial charge in [0.25, 0.3) is 0 Å². The van der Waals surface area contributed by atoms with Gasteiger partial charge in [-0.05, 0) is 38.5 Å². The van der Waals surface area contributed by atoms with E-state index in [9.17, 15) is 9.59 Å². The van der Waals surface area contributed by atoms with Crippen LogP contribution in [-0.2, 0) is 9.59 Å². The first-order valence-electron chi connectivity index (χ1n) is 6.52. The first-order valence-corrected chi connectivity index (χ1v) is 6.52. The lowest BCUT2D eigenvalue weighted by Crippen LogP contribution is -2.68. The van der Waals surface area contributed by atoms with Crippen molar-refractivity contribution in [2.75, 3.05) is 6.54 Å². The van der Waals surface area contributed by atoms with Crippen LogP contribution in [0.25, 0.3) is 0 Å². The summed E-state index contributed by atoms with van der Waals surface area (Å²) in [6.45, 7) is 8.51. The maximum absolute atomic E-state index is 12.4. The van der Waals surface area contributed by atoms with E-state index in [1.165, 1.54) is 6.42 Å². The van der Waals surface area contributed by atoms with E-state index in [4.69, 9.17) is 0 Å². The van der Waals surface area contributed by atoms with Crippen molar-refractivity contribution >= 4 is 11.8 Å². The van der Waals surface area contributed by atoms with Crippen molar-refractivity contribution in [3.05, 3.63) is 0 Å². The normalized spacial score (nSPS) is 41.4. The van der Waals surface area contributed by atoms with E-state index in [1.54, 1.807) is 4.90 Å². The molecular weight excluding hydrogens is 216 g/mol. The third-order valence-corrected chi connectivity index (χ3v) is 4.39. The lowest BCUT2D eigenvalue weighted by Gasteiger charge is -2.43. The largest absolute Gasteiger partial charge is 0.340 e. The molecule has 0 spiro atoms. The zero-order valence-electron chi connectivity index (χ0n) is 11.1. The van der Waals surface area contributed by atoms with Gasteiger partial charge in [-0.3, -0.25) is 9.59 Å². The minimum Gasteiger partial charge on any atom is -0.340 e. The summed E-state index contributed by atoms with van der Waals surface area (Å²) in [5.41, 5.74) is -0.707. The highest BCUT2D eigenvalue weighted by Crippen LogP contribution is 2.39. The predicted octanol–water partition coefficient (Wildman–Crippen LogP) is 1.16. The number of amides is 2. The number of nitrogens with zero attached hydrogens (tertiary/aromatic N) is 1. The van der Waals surface area contributed by atoms with Crippen LogP contribution in [0.3, 0.4) is 0 Å². The van der Waals surface area contributed by atoms with Gasteiger partial charge < -0.3 is 10.2 Å². The van der Waals surface area contributed by atoms with Crippen LogP contribution in [0.1, 0.15) is 40.5 Å². The minimum absolute atomic E-state index is 0.0257. The molecular formula is C13H22N2O2. The number of rotatable bonds is 3. The number of nitrogens with one attached hydrogen (secondary N) is 1. The molecule has 96 valence electrons. The third kappa shape index (κ3) is 2.05. The van der Waals surface area contributed by atoms with Gasteiger partial charge in [-0.1, -0.05) is 13.8 Å². The number of hydrogen-bond acceptors (Lipinski definition) is 2. The molecule has 1 aliphatic heterocycles. The summed E-state index contributed by atoms with van der Waals surface area (Å²) < 4.78 is 0. The molecule has 1 aliphatic carbocycles. The highest BCUT2D eigenvalue weighted by Gasteiger charge is 2.47. The summed E-state index contributed by atoms with van der Waals surface area (Å²) in [7, 11) is 0. The quantitative estimate of drug-likeness (QED) is 0.802. The molecule has 1 heterocycles. The average Bonchev–Trinajstić information content (AvgIpc) is 2.98. The molecule has 0 bridgehead atoms. The molecule has 4 nitrogen and oxygen atoms in total. The van der Waals surface area contributed by atoms with E-state index < -0.39 is 5.54 Å². The van der Waals surface area contributed by atoms with Crippen molar-refractivity contribution in [3.8, 4) is 0 Å². The van der Waals surface area contributed by atoms with E-state index in [1.807, 2.05) is 20.8 Å². The van der Waals surface area contributed by atoms with Crippen molar-refractivity contribution < 1.29 is 9.59 Å². The van der Waals surface area contributed by atoms with Crippen LogP contribution in [0.5, 0.6) is 0 Å². The Balaban J connectivity index is 2.15. The van der Waals surface area contributed by atoms with Crippen LogP contribution in [0.4, 0.5) is 0 Å². The molecule has 1 N–H and O–H groups in total. The SMILES string of the molecule is CCC1(C)NC(=O)C(C)N(CC2CC2C)C1=O. The Morgan fingerprint density at radius 1 is 1.41 bits per heavy atom. The molecule has 2 rings (SSSR count). The van der Waals surface area contributed by atoms with Gasteiger partial charge in [0, 0.05) is 6.54 Å². The molecule has 2 aliphatic rings. The fourth-order valence-corrected chi connectivity index (χ4v) is 2.45. The van der Waals surface area contributed by atoms with Gasteiger partial charge in [0.1, 0.15) is 11.6 Å². The van der Waals surface area contributed by atoms with Gasteiger partial charge in [0.15, 0.2) is 0 Å². The molecule has 0 aromatic heterocycles. The Morgan fingerprint density at radius 3 is 2.47 bits per heavy atom. The Bertz CT molecular complexity index is 355. The van der Waals surface area contributed by atoms with Crippen molar-refractivity contribution in [1.29, 1.82) is 0 Å². The molecule has 17 heavy (non-hydrogen) atoms. The zero-order valence-corrected chi connectivity index (χ0v) is 11.1. The molecule has 4 heteroatoms. The van der Waals surface area contributed by atoms with Crippen LogP contribution in [0.2, 0.25) is 0 Å². The molecule has 4 unspecified atom stereocenters. The van der Waals surface area contributed by atoms with Gasteiger partial charge in [0.2, 0.25) is 11.8 Å². The van der Waals surface area contributed by atoms with Crippen molar-refractivity contribution in [1.82, 2.24) is 10.2 Å². The van der Waals surface area contributed by atoms with Crippen LogP contribution >= 0.6 is 0 Å². The van der Waals surface area contributed by atoms with Crippen LogP contribution in [0.15, 0.2) is 0 Å². The molecule has 2 fully saturated rings. The summed E-state index contributed by atoms with van der Waals surface area (Å²) in [6.07, 6.45) is 1.82. The molecule has 1 saturated heterocycles. The summed E-state index contributed by atoms with van der Waals surface area (Å²) in [6, 6.07) is -0.324. The van der Waals surface area contributed by atoms with Gasteiger partial charge in [-0.15, -0.1) is 0 Å². The third-order valence-electron chi connectivity index (χ3n) is 4.39. The smallest absolute Gasteiger partial charge is 0.248 e. The van der Waals surface area contributed by atoms with E-state index in [2.05, 4.69) is 12.2 Å². The fourth-order valence-electron chi connectivity index (χ4n) is 2.45. The van der Waals surface area contributed by atoms with Crippen LogP contribution < -0.4 is 5.32 Å². The van der Waals surface area contributed by atoms with E-state index >= 15 is 0 Å². The Hall–Kier alpha value is -1.06. The highest BCUT2D eigenvalue weighted by atomic mass is 16.2. The Kier molecular flexibility index (Phi) is 2.92. The number of piperazine rings is 1. The predicted molar refractivity (Wildman–Crippen MR) is 65.3 cm³/mol. The monoisotopic (exact) mass is 238 g/mol. The maximum atomic E-state index is 12.4. The van der Waals surface area contributed by atoms with Crippen LogP contribution in [0, 0.1) is 11.8 Å². The zero-order chi connectivity index (χ0) is 12.8. The second-order valence-electron chi connectivity index (χ2n) is 5.78. The lowest BCUT2D eigenvalue weighted by molar-refractivity contribution is -0.154. The number of carbonyl (C=O) groups excluding carboxylic acids is 2. The van der Waals surface area contributed by atoms with E-state index in [0.717, 1.165) is 6.54 Å². The molecule has 0 radical (unpaired) electrons. The van der Waals surface area contributed by atoms with Gasteiger partial charge in [0.05, 0.1) is 0 Å². The molecule has 0 aromatic carbocycles. The Labute approximate surface area is 103 Å². The van der Waals surface area contributed by atoms with Gasteiger partial charge in [-0.2, -0.15) is 0 Å². The van der Waals surface area contributed by atoms with E-state index in [0.29, 0.717) is 18.3 Å². The van der Waals surface area contributed by atoms with E-state index in [-0.39, 0.29) is 17.9 Å². The molecule has 0 aromatic rings. The topological polar surface area (TPSA) is 49.4 Å². The number of hydrogen-bond donors (Lipinski definition) is 1. The average molecular weight is 238 g/mol.